The number of rotatable bonds is 1. The van der Waals surface area contributed by atoms with Crippen LogP contribution in [-0.2, 0) is 9.59 Å². The van der Waals surface area contributed by atoms with Gasteiger partial charge in [-0.15, -0.1) is 0 Å². The number of carbonyl (C=O) groups excluding carboxylic acids is 2. The average Bonchev–Trinajstić information content (AvgIpc) is 3.30. The summed E-state index contributed by atoms with van der Waals surface area (Å²) in [6.07, 6.45) is 11.4. The number of allylic oxidation sites excluding steroid dienone is 4. The highest BCUT2D eigenvalue weighted by atomic mass is 16.2. The number of amides is 2. The number of hydrogen-bond donors (Lipinski definition) is 0. The van der Waals surface area contributed by atoms with Crippen LogP contribution in [0, 0.1) is 61.2 Å². The fourth-order valence-electron chi connectivity index (χ4n) is 8.65. The van der Waals surface area contributed by atoms with Crippen molar-refractivity contribution in [2.24, 2.45) is 47.3 Å². The quantitative estimate of drug-likeness (QED) is 0.493. The monoisotopic (exact) mass is 399 g/mol. The van der Waals surface area contributed by atoms with Crippen LogP contribution >= 0.6 is 0 Å². The minimum Gasteiger partial charge on any atom is -0.274 e. The van der Waals surface area contributed by atoms with Gasteiger partial charge in [-0.3, -0.25) is 9.59 Å². The van der Waals surface area contributed by atoms with E-state index in [1.165, 1.54) is 42.6 Å². The Morgan fingerprint density at radius 3 is 1.70 bits per heavy atom. The van der Waals surface area contributed by atoms with Crippen molar-refractivity contribution in [3.8, 4) is 0 Å². The van der Waals surface area contributed by atoms with Crippen molar-refractivity contribution in [3.05, 3.63) is 52.6 Å². The molecule has 0 radical (unpaired) electrons. The van der Waals surface area contributed by atoms with Gasteiger partial charge in [-0.05, 0) is 92.9 Å². The maximum Gasteiger partial charge on any atom is 0.238 e. The van der Waals surface area contributed by atoms with E-state index < -0.39 is 0 Å². The maximum absolute atomic E-state index is 13.6. The summed E-state index contributed by atoms with van der Waals surface area (Å²) in [5, 5.41) is 0. The average molecular weight is 400 g/mol. The molecular formula is C27H29NO2. The predicted molar refractivity (Wildman–Crippen MR) is 116 cm³/mol. The van der Waals surface area contributed by atoms with E-state index in [4.69, 9.17) is 0 Å². The summed E-state index contributed by atoms with van der Waals surface area (Å²) in [5.74, 6) is 3.41. The van der Waals surface area contributed by atoms with Crippen LogP contribution in [-0.4, -0.2) is 11.8 Å². The number of nitrogens with zero attached hydrogens (tertiary/aromatic N) is 1. The number of benzene rings is 1. The topological polar surface area (TPSA) is 37.4 Å². The van der Waals surface area contributed by atoms with Crippen LogP contribution in [0.1, 0.15) is 43.2 Å². The van der Waals surface area contributed by atoms with Gasteiger partial charge in [-0.25, -0.2) is 4.90 Å². The zero-order valence-corrected chi connectivity index (χ0v) is 17.8. The minimum atomic E-state index is -0.173. The molecule has 6 bridgehead atoms. The lowest BCUT2D eigenvalue weighted by molar-refractivity contribution is -0.122. The first kappa shape index (κ1) is 17.5. The van der Waals surface area contributed by atoms with Crippen LogP contribution in [0.4, 0.5) is 5.69 Å². The Bertz CT molecular complexity index is 978. The second kappa shape index (κ2) is 5.75. The van der Waals surface area contributed by atoms with Crippen LogP contribution in [0.5, 0.6) is 0 Å². The standard InChI is InChI=1S/C27H29NO2/c1-13-5-14(2)7-19(6-13)28-26(29)24-20-3-4-21(25(24)27(28)30)23(20)22-17-9-15-8-16(11-17)12-18(22)10-15/h3-7,15-18,20-21,24-25H,8-12H2,1-2H3/t15?,16?,17?,18?,20-,21-,24+,25+/m0/s1. The molecule has 3 nitrogen and oxygen atoms in total. The molecule has 1 heterocycles. The molecule has 6 fully saturated rings. The third-order valence-electron chi connectivity index (χ3n) is 9.23. The van der Waals surface area contributed by atoms with Crippen molar-refractivity contribution in [1.29, 1.82) is 0 Å². The Morgan fingerprint density at radius 2 is 1.20 bits per heavy atom. The second-order valence-electron chi connectivity index (χ2n) is 11.1. The molecule has 4 atom stereocenters. The number of carbonyl (C=O) groups is 2. The van der Waals surface area contributed by atoms with Crippen molar-refractivity contribution in [2.45, 2.75) is 46.0 Å². The molecule has 30 heavy (non-hydrogen) atoms. The molecule has 8 rings (SSSR count). The number of imide groups is 1. The van der Waals surface area contributed by atoms with Crippen molar-refractivity contribution in [2.75, 3.05) is 4.90 Å². The maximum atomic E-state index is 13.6. The summed E-state index contributed by atoms with van der Waals surface area (Å²) in [5.41, 5.74) is 6.18. The Morgan fingerprint density at radius 1 is 0.700 bits per heavy atom. The molecule has 154 valence electrons. The van der Waals surface area contributed by atoms with Gasteiger partial charge in [0, 0.05) is 11.8 Å². The van der Waals surface area contributed by atoms with E-state index in [1.807, 2.05) is 26.0 Å². The lowest BCUT2D eigenvalue weighted by Gasteiger charge is -2.52. The van der Waals surface area contributed by atoms with E-state index in [1.54, 1.807) is 5.57 Å². The molecule has 0 aromatic heterocycles. The van der Waals surface area contributed by atoms with Gasteiger partial charge in [0.1, 0.15) is 0 Å². The number of fused-ring (bicyclic) bond motifs is 5. The first-order valence-electron chi connectivity index (χ1n) is 11.9. The molecule has 7 aliphatic rings. The van der Waals surface area contributed by atoms with Gasteiger partial charge in [0.25, 0.3) is 0 Å². The highest BCUT2D eigenvalue weighted by Crippen LogP contribution is 2.63. The highest BCUT2D eigenvalue weighted by Gasteiger charge is 2.63. The first-order chi connectivity index (χ1) is 14.5. The van der Waals surface area contributed by atoms with Gasteiger partial charge in [-0.2, -0.15) is 0 Å². The summed E-state index contributed by atoms with van der Waals surface area (Å²) in [4.78, 5) is 28.7. The van der Waals surface area contributed by atoms with Gasteiger partial charge in [-0.1, -0.05) is 29.4 Å². The van der Waals surface area contributed by atoms with Crippen LogP contribution in [0.15, 0.2) is 41.5 Å². The first-order valence-corrected chi connectivity index (χ1v) is 11.9. The third-order valence-corrected chi connectivity index (χ3v) is 9.23. The van der Waals surface area contributed by atoms with Crippen LogP contribution in [0.2, 0.25) is 0 Å². The van der Waals surface area contributed by atoms with Crippen molar-refractivity contribution >= 4 is 17.5 Å². The van der Waals surface area contributed by atoms with Gasteiger partial charge >= 0.3 is 0 Å². The zero-order chi connectivity index (χ0) is 20.3. The molecule has 5 saturated carbocycles. The van der Waals surface area contributed by atoms with Gasteiger partial charge in [0.2, 0.25) is 11.8 Å². The van der Waals surface area contributed by atoms with Gasteiger partial charge in [0.15, 0.2) is 0 Å². The number of aryl methyl sites for hydroxylation is 2. The highest BCUT2D eigenvalue weighted by molar-refractivity contribution is 6.23. The summed E-state index contributed by atoms with van der Waals surface area (Å²) in [6.45, 7) is 4.06. The van der Waals surface area contributed by atoms with E-state index >= 15 is 0 Å². The smallest absolute Gasteiger partial charge is 0.238 e. The molecule has 1 aliphatic heterocycles. The second-order valence-corrected chi connectivity index (χ2v) is 11.1. The number of anilines is 1. The molecule has 2 amide bonds. The van der Waals surface area contributed by atoms with Crippen LogP contribution in [0.3, 0.4) is 0 Å². The Balaban J connectivity index is 1.29. The molecule has 1 aromatic rings. The lowest BCUT2D eigenvalue weighted by atomic mass is 9.53. The molecule has 1 aromatic carbocycles. The minimum absolute atomic E-state index is 0.0359. The molecule has 0 spiro atoms. The van der Waals surface area contributed by atoms with Crippen molar-refractivity contribution < 1.29 is 9.59 Å². The van der Waals surface area contributed by atoms with E-state index in [0.29, 0.717) is 0 Å². The Labute approximate surface area is 178 Å². The molecule has 6 aliphatic carbocycles. The molecular weight excluding hydrogens is 370 g/mol. The third kappa shape index (κ3) is 2.11. The van der Waals surface area contributed by atoms with E-state index in [0.717, 1.165) is 40.5 Å². The molecule has 0 unspecified atom stereocenters. The zero-order valence-electron chi connectivity index (χ0n) is 17.8. The fraction of sp³-hybridized carbons (Fsp3) is 0.556. The number of hydrogen-bond acceptors (Lipinski definition) is 2. The van der Waals surface area contributed by atoms with Crippen LogP contribution in [0.25, 0.3) is 0 Å². The SMILES string of the molecule is Cc1cc(C)cc(N2C(=O)[C@H]3[C@H](C2=O)[C@H]2C=C[C@H]3C2=C2C3CC4CC(C3)CC2C4)c1. The van der Waals surface area contributed by atoms with E-state index in [-0.39, 0.29) is 35.5 Å². The summed E-state index contributed by atoms with van der Waals surface area (Å²) in [7, 11) is 0. The molecule has 0 N–H and O–H groups in total. The molecule has 1 saturated heterocycles. The van der Waals surface area contributed by atoms with E-state index in [9.17, 15) is 9.59 Å². The summed E-state index contributed by atoms with van der Waals surface area (Å²) >= 11 is 0. The van der Waals surface area contributed by atoms with E-state index in [2.05, 4.69) is 18.2 Å². The van der Waals surface area contributed by atoms with Crippen molar-refractivity contribution in [3.63, 3.8) is 0 Å². The Hall–Kier alpha value is -2.16. The van der Waals surface area contributed by atoms with Gasteiger partial charge < -0.3 is 0 Å². The largest absolute Gasteiger partial charge is 0.274 e. The summed E-state index contributed by atoms with van der Waals surface area (Å²) in [6, 6.07) is 6.06. The summed E-state index contributed by atoms with van der Waals surface area (Å²) < 4.78 is 0. The molecule has 3 heteroatoms. The fourth-order valence-corrected chi connectivity index (χ4v) is 8.65. The van der Waals surface area contributed by atoms with Crippen molar-refractivity contribution in [1.82, 2.24) is 0 Å². The normalized spacial score (nSPS) is 42.8. The lowest BCUT2D eigenvalue weighted by Crippen LogP contribution is -2.41. The Kier molecular flexibility index (Phi) is 3.36. The van der Waals surface area contributed by atoms with Gasteiger partial charge in [0.05, 0.1) is 17.5 Å². The predicted octanol–water partition coefficient (Wildman–Crippen LogP) is 4.98. The van der Waals surface area contributed by atoms with Crippen LogP contribution < -0.4 is 4.90 Å².